The number of imidazole rings is 1. The minimum absolute atomic E-state index is 0.942. The Morgan fingerprint density at radius 3 is 1.49 bits per heavy atom. The molecule has 1 heterocycles. The molecule has 1 aromatic heterocycles. The van der Waals surface area contributed by atoms with E-state index in [1.165, 1.54) is 98.7 Å². The second kappa shape index (κ2) is 13.2. The molecule has 282 valence electrons. The van der Waals surface area contributed by atoms with E-state index in [-0.39, 0.29) is 0 Å². The summed E-state index contributed by atoms with van der Waals surface area (Å²) in [7, 11) is 0. The van der Waals surface area contributed by atoms with E-state index in [1.54, 1.807) is 0 Å². The highest BCUT2D eigenvalue weighted by Gasteiger charge is 2.26. The lowest BCUT2D eigenvalue weighted by Gasteiger charge is -2.17. The number of aromatic nitrogens is 2. The predicted molar refractivity (Wildman–Crippen MR) is 257 cm³/mol. The van der Waals surface area contributed by atoms with Crippen molar-refractivity contribution >= 4 is 54.1 Å². The van der Waals surface area contributed by atoms with Gasteiger partial charge in [0, 0.05) is 11.3 Å². The summed E-state index contributed by atoms with van der Waals surface area (Å²) in [6.45, 7) is 0. The van der Waals surface area contributed by atoms with Gasteiger partial charge in [0.15, 0.2) is 0 Å². The Hall–Kier alpha value is -8.07. The maximum atomic E-state index is 5.08. The van der Waals surface area contributed by atoms with Gasteiger partial charge in [0.25, 0.3) is 0 Å². The van der Waals surface area contributed by atoms with Crippen molar-refractivity contribution in [1.29, 1.82) is 0 Å². The van der Waals surface area contributed by atoms with Crippen LogP contribution in [0.25, 0.3) is 127 Å². The monoisotopic (exact) mass is 772 g/mol. The second-order valence-corrected chi connectivity index (χ2v) is 16.2. The third kappa shape index (κ3) is 5.13. The Labute approximate surface area is 353 Å². The second-order valence-electron chi connectivity index (χ2n) is 16.2. The quantitative estimate of drug-likeness (QED) is 0.159. The number of benzene rings is 11. The smallest absolute Gasteiger partial charge is 0.145 e. The lowest BCUT2D eigenvalue weighted by molar-refractivity contribution is 1.10. The van der Waals surface area contributed by atoms with Gasteiger partial charge in [-0.2, -0.15) is 0 Å². The summed E-state index contributed by atoms with van der Waals surface area (Å²) in [6, 6.07) is 79.9. The number of hydrogen-bond acceptors (Lipinski definition) is 1. The molecule has 2 heteroatoms. The molecule has 0 spiro atoms. The average molecular weight is 773 g/mol. The molecule has 0 aliphatic heterocycles. The van der Waals surface area contributed by atoms with E-state index < -0.39 is 0 Å². The van der Waals surface area contributed by atoms with Gasteiger partial charge in [0.2, 0.25) is 0 Å². The lowest BCUT2D eigenvalue weighted by Crippen LogP contribution is -1.97. The van der Waals surface area contributed by atoms with E-state index in [1.807, 2.05) is 0 Å². The molecule has 0 saturated carbocycles. The maximum absolute atomic E-state index is 5.08. The van der Waals surface area contributed by atoms with Crippen LogP contribution in [0.15, 0.2) is 218 Å². The van der Waals surface area contributed by atoms with Crippen molar-refractivity contribution in [3.63, 3.8) is 0 Å². The summed E-state index contributed by atoms with van der Waals surface area (Å²) in [5, 5.41) is 10.2. The van der Waals surface area contributed by atoms with Gasteiger partial charge in [0.1, 0.15) is 5.82 Å². The Balaban J connectivity index is 1.01. The van der Waals surface area contributed by atoms with Crippen LogP contribution in [0.5, 0.6) is 0 Å². The van der Waals surface area contributed by atoms with Crippen LogP contribution < -0.4 is 0 Å². The Bertz CT molecular complexity index is 3710. The first-order chi connectivity index (χ1) is 30.3. The van der Waals surface area contributed by atoms with Crippen LogP contribution >= 0.6 is 0 Å². The molecule has 12 aromatic rings. The van der Waals surface area contributed by atoms with Gasteiger partial charge < -0.3 is 0 Å². The molecule has 0 saturated heterocycles. The fourth-order valence-electron chi connectivity index (χ4n) is 10.2. The number of fused-ring (bicyclic) bond motifs is 9. The molecule has 1 aliphatic rings. The van der Waals surface area contributed by atoms with Crippen molar-refractivity contribution in [3.05, 3.63) is 218 Å². The molecule has 1 aliphatic carbocycles. The van der Waals surface area contributed by atoms with Gasteiger partial charge in [-0.15, -0.1) is 0 Å². The molecule has 13 rings (SSSR count). The third-order valence-electron chi connectivity index (χ3n) is 12.9. The van der Waals surface area contributed by atoms with Gasteiger partial charge >= 0.3 is 0 Å². The number of nitrogens with zero attached hydrogens (tertiary/aromatic N) is 2. The first-order valence-electron chi connectivity index (χ1n) is 21.0. The molecule has 2 nitrogen and oxygen atoms in total. The van der Waals surface area contributed by atoms with E-state index in [0.717, 1.165) is 28.1 Å². The largest absolute Gasteiger partial charge is 0.292 e. The molecule has 0 atom stereocenters. The third-order valence-corrected chi connectivity index (χ3v) is 12.9. The number of para-hydroxylation sites is 2. The topological polar surface area (TPSA) is 17.8 Å². The molecule has 0 amide bonds. The zero-order valence-electron chi connectivity index (χ0n) is 33.2. The van der Waals surface area contributed by atoms with Crippen LogP contribution in [-0.2, 0) is 0 Å². The summed E-state index contributed by atoms with van der Waals surface area (Å²) in [5.74, 6) is 0.942. The predicted octanol–water partition coefficient (Wildman–Crippen LogP) is 16.0. The normalized spacial score (nSPS) is 11.9. The van der Waals surface area contributed by atoms with Crippen LogP contribution in [-0.4, -0.2) is 9.55 Å². The van der Waals surface area contributed by atoms with Crippen molar-refractivity contribution < 1.29 is 0 Å². The molecule has 0 fully saturated rings. The number of rotatable bonds is 5. The Morgan fingerprint density at radius 1 is 0.279 bits per heavy atom. The molecule has 61 heavy (non-hydrogen) atoms. The number of hydrogen-bond donors (Lipinski definition) is 0. The van der Waals surface area contributed by atoms with Crippen LogP contribution in [0, 0.1) is 0 Å². The van der Waals surface area contributed by atoms with Crippen LogP contribution in [0.4, 0.5) is 0 Å². The highest BCUT2D eigenvalue weighted by atomic mass is 15.1. The highest BCUT2D eigenvalue weighted by Crippen LogP contribution is 2.53. The molecule has 11 aromatic carbocycles. The molecular formula is C59H36N2. The minimum Gasteiger partial charge on any atom is -0.292 e. The molecule has 0 bridgehead atoms. The Kier molecular flexibility index (Phi) is 7.34. The van der Waals surface area contributed by atoms with Gasteiger partial charge in [-0.3, -0.25) is 4.57 Å². The van der Waals surface area contributed by atoms with Gasteiger partial charge in [0.05, 0.1) is 11.0 Å². The van der Waals surface area contributed by atoms with Gasteiger partial charge in [-0.05, 0) is 147 Å². The van der Waals surface area contributed by atoms with E-state index in [2.05, 4.69) is 223 Å². The van der Waals surface area contributed by atoms with E-state index in [4.69, 9.17) is 4.98 Å². The maximum Gasteiger partial charge on any atom is 0.145 e. The zero-order valence-corrected chi connectivity index (χ0v) is 33.2. The minimum atomic E-state index is 0.942. The van der Waals surface area contributed by atoms with Crippen LogP contribution in [0.3, 0.4) is 0 Å². The van der Waals surface area contributed by atoms with Gasteiger partial charge in [-0.25, -0.2) is 4.98 Å². The van der Waals surface area contributed by atoms with Crippen molar-refractivity contribution in [2.75, 3.05) is 0 Å². The summed E-state index contributed by atoms with van der Waals surface area (Å²) < 4.78 is 2.28. The molecular weight excluding hydrogens is 737 g/mol. The summed E-state index contributed by atoms with van der Waals surface area (Å²) in [5.41, 5.74) is 16.8. The Morgan fingerprint density at radius 2 is 0.770 bits per heavy atom. The van der Waals surface area contributed by atoms with Crippen molar-refractivity contribution in [2.24, 2.45) is 0 Å². The van der Waals surface area contributed by atoms with E-state index in [0.29, 0.717) is 0 Å². The summed E-state index contributed by atoms with van der Waals surface area (Å²) in [4.78, 5) is 5.08. The summed E-state index contributed by atoms with van der Waals surface area (Å²) >= 11 is 0. The molecule has 0 radical (unpaired) electrons. The molecule has 0 N–H and O–H groups in total. The van der Waals surface area contributed by atoms with E-state index >= 15 is 0 Å². The SMILES string of the molecule is c1ccc(-c2cc3c4cc5c(cc4c(-c4ccccc4)cc3c3ccccc23)-c2ccc(-c3ccc(-n4c(-c6ccccc6)nc6ccccc64)cc3)c3cccc-5c23)cc1. The fraction of sp³-hybridized carbons (Fsp3) is 0. The lowest BCUT2D eigenvalue weighted by atomic mass is 9.86. The first kappa shape index (κ1) is 33.9. The first-order valence-corrected chi connectivity index (χ1v) is 21.0. The van der Waals surface area contributed by atoms with Crippen molar-refractivity contribution in [2.45, 2.75) is 0 Å². The van der Waals surface area contributed by atoms with Crippen molar-refractivity contribution in [3.8, 4) is 72.7 Å². The highest BCUT2D eigenvalue weighted by molar-refractivity contribution is 6.27. The van der Waals surface area contributed by atoms with E-state index in [9.17, 15) is 0 Å². The summed E-state index contributed by atoms with van der Waals surface area (Å²) in [6.07, 6.45) is 0. The standard InChI is InChI=1S/C59H36N2/c1-4-15-37(16-5-1)48-33-54-50(44-22-11-10-21-43(44)48)34-49(38-17-6-2-7-18-38)53-35-52-47-32-31-42(45-23-14-24-46(58(45)47)51(52)36-55(53)54)39-27-29-41(30-28-39)61-57-26-13-12-25-56(57)60-59(61)40-19-8-3-9-20-40/h1-36H. The van der Waals surface area contributed by atoms with Crippen LogP contribution in [0.2, 0.25) is 0 Å². The zero-order chi connectivity index (χ0) is 40.0. The average Bonchev–Trinajstić information content (AvgIpc) is 3.88. The van der Waals surface area contributed by atoms with Crippen molar-refractivity contribution in [1.82, 2.24) is 9.55 Å². The van der Waals surface area contributed by atoms with Gasteiger partial charge in [-0.1, -0.05) is 170 Å². The van der Waals surface area contributed by atoms with Crippen LogP contribution in [0.1, 0.15) is 0 Å². The fourth-order valence-corrected chi connectivity index (χ4v) is 10.2. The molecule has 0 unspecified atom stereocenters.